The van der Waals surface area contributed by atoms with Crippen LogP contribution in [-0.2, 0) is 6.61 Å². The third-order valence-electron chi connectivity index (χ3n) is 2.56. The molecule has 8 heteroatoms. The molecule has 5 nitrogen and oxygen atoms in total. The summed E-state index contributed by atoms with van der Waals surface area (Å²) in [5.74, 6) is -0.350. The summed E-state index contributed by atoms with van der Waals surface area (Å²) >= 11 is 8.90. The van der Waals surface area contributed by atoms with Crippen molar-refractivity contribution in [1.82, 2.24) is 4.98 Å². The van der Waals surface area contributed by atoms with E-state index in [0.717, 1.165) is 5.56 Å². The van der Waals surface area contributed by atoms with Gasteiger partial charge in [-0.1, -0.05) is 16.8 Å². The molecule has 110 valence electrons. The molecule has 1 heterocycles. The summed E-state index contributed by atoms with van der Waals surface area (Å²) in [6, 6.07) is 5.92. The average Bonchev–Trinajstić information content (AvgIpc) is 2.49. The number of aromatic nitrogens is 1. The van der Waals surface area contributed by atoms with Crippen LogP contribution in [0.4, 0.5) is 4.39 Å². The highest BCUT2D eigenvalue weighted by molar-refractivity contribution is 9.10. The first kappa shape index (κ1) is 15.5. The van der Waals surface area contributed by atoms with Crippen molar-refractivity contribution in [3.05, 3.63) is 57.0 Å². The van der Waals surface area contributed by atoms with Gasteiger partial charge in [0, 0.05) is 12.3 Å². The molecule has 0 atom stereocenters. The Hall–Kier alpha value is -1.86. The van der Waals surface area contributed by atoms with Gasteiger partial charge in [-0.15, -0.1) is 0 Å². The Morgan fingerprint density at radius 2 is 2.24 bits per heavy atom. The zero-order chi connectivity index (χ0) is 15.4. The number of hydrogen-bond acceptors (Lipinski definition) is 4. The monoisotopic (exact) mass is 373 g/mol. The lowest BCUT2D eigenvalue weighted by atomic mass is 10.2. The number of oxime groups is 1. The van der Waals surface area contributed by atoms with Crippen LogP contribution in [0.3, 0.4) is 0 Å². The molecule has 0 bridgehead atoms. The minimum atomic E-state index is -0.568. The summed E-state index contributed by atoms with van der Waals surface area (Å²) in [6.07, 6.45) is 1.50. The van der Waals surface area contributed by atoms with Crippen molar-refractivity contribution < 1.29 is 14.3 Å². The van der Waals surface area contributed by atoms with E-state index in [9.17, 15) is 4.39 Å². The van der Waals surface area contributed by atoms with E-state index in [-0.39, 0.29) is 17.5 Å². The van der Waals surface area contributed by atoms with Crippen LogP contribution in [0.2, 0.25) is 5.02 Å². The predicted octanol–water partition coefficient (Wildman–Crippen LogP) is 3.31. The molecule has 0 saturated heterocycles. The maximum atomic E-state index is 13.4. The molecule has 0 fully saturated rings. The lowest BCUT2D eigenvalue weighted by molar-refractivity contribution is 0.302. The second-order valence-corrected chi connectivity index (χ2v) is 5.28. The van der Waals surface area contributed by atoms with Gasteiger partial charge in [0.15, 0.2) is 5.84 Å². The first-order valence-corrected chi connectivity index (χ1v) is 6.88. The van der Waals surface area contributed by atoms with E-state index >= 15 is 0 Å². The molecule has 2 aromatic rings. The molecule has 0 unspecified atom stereocenters. The van der Waals surface area contributed by atoms with Gasteiger partial charge in [0.05, 0.1) is 9.50 Å². The molecule has 0 aliphatic carbocycles. The van der Waals surface area contributed by atoms with Crippen LogP contribution in [0.5, 0.6) is 5.75 Å². The van der Waals surface area contributed by atoms with Gasteiger partial charge >= 0.3 is 0 Å². The zero-order valence-electron chi connectivity index (χ0n) is 10.6. The quantitative estimate of drug-likeness (QED) is 0.283. The standard InChI is InChI=1S/C13H10BrClFN3O2/c14-8-4-9(15)10(16)5-12(8)21-6-7-1-2-18-11(3-7)13(17)19-20/h1-5,20H,6H2,(H2,17,19). The lowest BCUT2D eigenvalue weighted by Crippen LogP contribution is -2.15. The van der Waals surface area contributed by atoms with Gasteiger partial charge in [0.25, 0.3) is 0 Å². The molecule has 1 aromatic heterocycles. The molecule has 2 rings (SSSR count). The van der Waals surface area contributed by atoms with Crippen LogP contribution in [0, 0.1) is 5.82 Å². The van der Waals surface area contributed by atoms with E-state index in [1.807, 2.05) is 0 Å². The van der Waals surface area contributed by atoms with Crippen LogP contribution in [0.25, 0.3) is 0 Å². The van der Waals surface area contributed by atoms with Gasteiger partial charge in [-0.25, -0.2) is 4.39 Å². The van der Waals surface area contributed by atoms with Crippen LogP contribution in [-0.4, -0.2) is 16.0 Å². The van der Waals surface area contributed by atoms with E-state index in [2.05, 4.69) is 26.1 Å². The largest absolute Gasteiger partial charge is 0.488 e. The summed E-state index contributed by atoms with van der Waals surface area (Å²) in [5.41, 5.74) is 6.51. The van der Waals surface area contributed by atoms with Crippen LogP contribution in [0.1, 0.15) is 11.3 Å². The highest BCUT2D eigenvalue weighted by Crippen LogP contribution is 2.31. The second kappa shape index (κ2) is 6.73. The number of halogens is 3. The van der Waals surface area contributed by atoms with Gasteiger partial charge in [0.2, 0.25) is 0 Å². The molecule has 0 saturated carbocycles. The van der Waals surface area contributed by atoms with E-state index in [1.165, 1.54) is 18.3 Å². The van der Waals surface area contributed by atoms with Crippen molar-refractivity contribution in [2.75, 3.05) is 0 Å². The summed E-state index contributed by atoms with van der Waals surface area (Å²) in [4.78, 5) is 3.95. The number of nitrogens with two attached hydrogens (primary N) is 1. The fraction of sp³-hybridized carbons (Fsp3) is 0.0769. The van der Waals surface area contributed by atoms with Crippen molar-refractivity contribution in [3.8, 4) is 5.75 Å². The van der Waals surface area contributed by atoms with E-state index in [4.69, 9.17) is 27.3 Å². The van der Waals surface area contributed by atoms with Crippen LogP contribution < -0.4 is 10.5 Å². The molecule has 1 aromatic carbocycles. The Morgan fingerprint density at radius 3 is 2.95 bits per heavy atom. The van der Waals surface area contributed by atoms with Crippen molar-refractivity contribution in [3.63, 3.8) is 0 Å². The molecule has 21 heavy (non-hydrogen) atoms. The summed E-state index contributed by atoms with van der Waals surface area (Å²) in [5, 5.41) is 11.5. The Balaban J connectivity index is 2.15. The van der Waals surface area contributed by atoms with Crippen LogP contribution >= 0.6 is 27.5 Å². The molecular weight excluding hydrogens is 365 g/mol. The normalized spacial score (nSPS) is 11.5. The number of amidine groups is 1. The van der Waals surface area contributed by atoms with E-state index in [0.29, 0.717) is 15.9 Å². The van der Waals surface area contributed by atoms with E-state index < -0.39 is 5.82 Å². The Kier molecular flexibility index (Phi) is 4.98. The number of hydrogen-bond donors (Lipinski definition) is 2. The fourth-order valence-electron chi connectivity index (χ4n) is 1.53. The third kappa shape index (κ3) is 3.83. The van der Waals surface area contributed by atoms with Crippen molar-refractivity contribution in [1.29, 1.82) is 0 Å². The molecule has 3 N–H and O–H groups in total. The fourth-order valence-corrected chi connectivity index (χ4v) is 2.28. The number of ether oxygens (including phenoxy) is 1. The summed E-state index contributed by atoms with van der Waals surface area (Å²) in [6.45, 7) is 0.161. The smallest absolute Gasteiger partial charge is 0.188 e. The number of benzene rings is 1. The summed E-state index contributed by atoms with van der Waals surface area (Å²) in [7, 11) is 0. The second-order valence-electron chi connectivity index (χ2n) is 4.02. The topological polar surface area (TPSA) is 80.7 Å². The van der Waals surface area contributed by atoms with Gasteiger partial charge in [-0.05, 0) is 39.7 Å². The minimum Gasteiger partial charge on any atom is -0.488 e. The number of rotatable bonds is 4. The molecular formula is C13H10BrClFN3O2. The lowest BCUT2D eigenvalue weighted by Gasteiger charge is -2.09. The SMILES string of the molecule is N/C(=N/O)c1cc(COc2cc(F)c(Cl)cc2Br)ccn1. The van der Waals surface area contributed by atoms with Crippen molar-refractivity contribution in [2.45, 2.75) is 6.61 Å². The Labute approximate surface area is 133 Å². The van der Waals surface area contributed by atoms with E-state index in [1.54, 1.807) is 12.1 Å². The molecule has 0 amide bonds. The molecule has 0 radical (unpaired) electrons. The first-order chi connectivity index (χ1) is 10.0. The number of pyridine rings is 1. The van der Waals surface area contributed by atoms with Crippen molar-refractivity contribution >= 4 is 33.4 Å². The third-order valence-corrected chi connectivity index (χ3v) is 3.47. The molecule has 0 aliphatic heterocycles. The highest BCUT2D eigenvalue weighted by Gasteiger charge is 2.09. The zero-order valence-corrected chi connectivity index (χ0v) is 12.9. The van der Waals surface area contributed by atoms with Gasteiger partial charge in [-0.2, -0.15) is 0 Å². The minimum absolute atomic E-state index is 0.00681. The maximum Gasteiger partial charge on any atom is 0.188 e. The average molecular weight is 375 g/mol. The maximum absolute atomic E-state index is 13.4. The molecule has 0 spiro atoms. The van der Waals surface area contributed by atoms with Crippen LogP contribution in [0.15, 0.2) is 40.1 Å². The summed E-state index contributed by atoms with van der Waals surface area (Å²) < 4.78 is 19.4. The Bertz CT molecular complexity index is 697. The van der Waals surface area contributed by atoms with Gasteiger partial charge in [0.1, 0.15) is 23.9 Å². The highest BCUT2D eigenvalue weighted by atomic mass is 79.9. The van der Waals surface area contributed by atoms with Crippen molar-refractivity contribution in [2.24, 2.45) is 10.9 Å². The molecule has 0 aliphatic rings. The predicted molar refractivity (Wildman–Crippen MR) is 80.2 cm³/mol. The first-order valence-electron chi connectivity index (χ1n) is 5.71. The van der Waals surface area contributed by atoms with Gasteiger partial charge in [-0.3, -0.25) is 4.98 Å². The Morgan fingerprint density at radius 1 is 1.48 bits per heavy atom. The van der Waals surface area contributed by atoms with Gasteiger partial charge < -0.3 is 15.7 Å². The number of nitrogens with zero attached hydrogens (tertiary/aromatic N) is 2.